The quantitative estimate of drug-likeness (QED) is 0.188. The molecule has 0 saturated carbocycles. The van der Waals surface area contributed by atoms with Crippen LogP contribution in [0, 0.1) is 11.3 Å². The molecule has 0 bridgehead atoms. The lowest BCUT2D eigenvalue weighted by molar-refractivity contribution is -0.130. The number of carbonyl (C=O) groups excluding carboxylic acids is 2. The molecule has 10 nitrogen and oxygen atoms in total. The number of nitriles is 1. The van der Waals surface area contributed by atoms with Crippen LogP contribution >= 0.6 is 0 Å². The van der Waals surface area contributed by atoms with Gasteiger partial charge in [-0.1, -0.05) is 36.4 Å². The van der Waals surface area contributed by atoms with Crippen molar-refractivity contribution >= 4 is 36.0 Å². The molecule has 43 heavy (non-hydrogen) atoms. The summed E-state index contributed by atoms with van der Waals surface area (Å²) in [6.45, 7) is 5.04. The average Bonchev–Trinajstić information content (AvgIpc) is 3.44. The maximum absolute atomic E-state index is 13.3. The fourth-order valence-electron chi connectivity index (χ4n) is 6.07. The zero-order valence-corrected chi connectivity index (χ0v) is 24.4. The van der Waals surface area contributed by atoms with E-state index in [0.717, 1.165) is 35.8 Å². The van der Waals surface area contributed by atoms with Gasteiger partial charge in [-0.15, -0.1) is 0 Å². The SMILES string of the molecule is CCN(C(=O)C(C#N)=Cc1ccc2c(c1)CN(CC(=O)N[C@@H](CB(O)O)c1coc3ccccc13)CC2)C1CCOCC1. The number of likely N-dealkylation sites (N-methyl/N-ethyl adjacent to an activating group) is 1. The molecule has 0 radical (unpaired) electrons. The van der Waals surface area contributed by atoms with Crippen molar-refractivity contribution in [1.82, 2.24) is 15.1 Å². The summed E-state index contributed by atoms with van der Waals surface area (Å²) in [6, 6.07) is 14.9. The van der Waals surface area contributed by atoms with Crippen molar-refractivity contribution in [2.75, 3.05) is 32.8 Å². The second-order valence-corrected chi connectivity index (χ2v) is 11.1. The highest BCUT2D eigenvalue weighted by atomic mass is 16.5. The lowest BCUT2D eigenvalue weighted by Gasteiger charge is -2.33. The number of amides is 2. The van der Waals surface area contributed by atoms with Crippen LogP contribution in [0.2, 0.25) is 6.32 Å². The van der Waals surface area contributed by atoms with E-state index in [9.17, 15) is 24.9 Å². The van der Waals surface area contributed by atoms with Crippen LogP contribution in [0.5, 0.6) is 0 Å². The van der Waals surface area contributed by atoms with Gasteiger partial charge in [0.25, 0.3) is 5.91 Å². The molecule has 1 atom stereocenters. The Bertz CT molecular complexity index is 1520. The Hall–Kier alpha value is -3.95. The average molecular weight is 584 g/mol. The Labute approximate surface area is 251 Å². The van der Waals surface area contributed by atoms with Crippen molar-refractivity contribution in [2.24, 2.45) is 0 Å². The van der Waals surface area contributed by atoms with Gasteiger partial charge in [0.05, 0.1) is 18.8 Å². The maximum atomic E-state index is 13.3. The standard InChI is InChI=1S/C32H37BN4O6/c1-2-37(26-10-13-42-14-11-26)32(39)24(18-34)15-22-7-8-23-9-12-36(19-25(23)16-22)20-31(38)35-29(17-33(40)41)28-21-43-30-6-4-3-5-27(28)30/h3-8,15-16,21,26,29,40-41H,2,9-14,17,19-20H2,1H3,(H,35,38)/t29-/m0/s1. The number of benzene rings is 2. The van der Waals surface area contributed by atoms with Crippen molar-refractivity contribution in [1.29, 1.82) is 5.26 Å². The van der Waals surface area contributed by atoms with Crippen molar-refractivity contribution in [3.05, 3.63) is 76.6 Å². The molecule has 224 valence electrons. The third-order valence-electron chi connectivity index (χ3n) is 8.25. The first-order valence-corrected chi connectivity index (χ1v) is 14.8. The molecule has 3 heterocycles. The van der Waals surface area contributed by atoms with E-state index in [1.807, 2.05) is 54.3 Å². The molecule has 11 heteroatoms. The summed E-state index contributed by atoms with van der Waals surface area (Å²) >= 11 is 0. The monoisotopic (exact) mass is 584 g/mol. The Kier molecular flexibility index (Phi) is 9.95. The number of para-hydroxylation sites is 1. The Morgan fingerprint density at radius 3 is 2.74 bits per heavy atom. The number of nitrogens with zero attached hydrogens (tertiary/aromatic N) is 3. The maximum Gasteiger partial charge on any atom is 0.453 e. The van der Waals surface area contributed by atoms with Crippen LogP contribution < -0.4 is 5.32 Å². The molecule has 1 saturated heterocycles. The van der Waals surface area contributed by atoms with E-state index in [-0.39, 0.29) is 36.3 Å². The highest BCUT2D eigenvalue weighted by Gasteiger charge is 2.28. The minimum atomic E-state index is -1.60. The summed E-state index contributed by atoms with van der Waals surface area (Å²) in [7, 11) is -1.60. The number of nitrogens with one attached hydrogen (secondary N) is 1. The normalized spacial score (nSPS) is 16.7. The Morgan fingerprint density at radius 2 is 2.00 bits per heavy atom. The third kappa shape index (κ3) is 7.35. The molecule has 1 fully saturated rings. The topological polar surface area (TPSA) is 139 Å². The van der Waals surface area contributed by atoms with Crippen molar-refractivity contribution < 1.29 is 28.8 Å². The first-order valence-electron chi connectivity index (χ1n) is 14.8. The predicted octanol–water partition coefficient (Wildman–Crippen LogP) is 3.06. The zero-order chi connectivity index (χ0) is 30.3. The molecule has 0 spiro atoms. The first kappa shape index (κ1) is 30.5. The lowest BCUT2D eigenvalue weighted by Crippen LogP contribution is -2.43. The van der Waals surface area contributed by atoms with Crippen LogP contribution in [0.15, 0.2) is 58.7 Å². The van der Waals surface area contributed by atoms with Gasteiger partial charge in [0.1, 0.15) is 17.2 Å². The van der Waals surface area contributed by atoms with E-state index in [1.165, 1.54) is 5.56 Å². The highest BCUT2D eigenvalue weighted by Crippen LogP contribution is 2.29. The number of rotatable bonds is 10. The van der Waals surface area contributed by atoms with Crippen molar-refractivity contribution in [3.63, 3.8) is 0 Å². The summed E-state index contributed by atoms with van der Waals surface area (Å²) in [5.74, 6) is -0.499. The van der Waals surface area contributed by atoms with Gasteiger partial charge in [-0.25, -0.2) is 0 Å². The van der Waals surface area contributed by atoms with Gasteiger partial charge < -0.3 is 29.4 Å². The summed E-state index contributed by atoms with van der Waals surface area (Å²) < 4.78 is 11.1. The van der Waals surface area contributed by atoms with Crippen molar-refractivity contribution in [3.8, 4) is 6.07 Å². The third-order valence-corrected chi connectivity index (χ3v) is 8.25. The molecule has 1 aromatic heterocycles. The molecule has 3 N–H and O–H groups in total. The van der Waals surface area contributed by atoms with Gasteiger partial charge in [-0.2, -0.15) is 5.26 Å². The Morgan fingerprint density at radius 1 is 1.21 bits per heavy atom. The summed E-state index contributed by atoms with van der Waals surface area (Å²) in [5.41, 5.74) is 4.43. The number of hydrogen-bond donors (Lipinski definition) is 3. The summed E-state index contributed by atoms with van der Waals surface area (Å²) in [6.07, 6.45) is 5.41. The van der Waals surface area contributed by atoms with Gasteiger partial charge in [0.2, 0.25) is 5.91 Å². The number of hydrogen-bond acceptors (Lipinski definition) is 8. The van der Waals surface area contributed by atoms with E-state index in [2.05, 4.69) is 11.4 Å². The lowest BCUT2D eigenvalue weighted by atomic mass is 9.79. The van der Waals surface area contributed by atoms with E-state index in [4.69, 9.17) is 9.15 Å². The number of fused-ring (bicyclic) bond motifs is 2. The van der Waals surface area contributed by atoms with E-state index in [1.54, 1.807) is 17.2 Å². The zero-order valence-electron chi connectivity index (χ0n) is 24.4. The second kappa shape index (κ2) is 14.0. The van der Waals surface area contributed by atoms with Crippen LogP contribution in [0.25, 0.3) is 17.0 Å². The summed E-state index contributed by atoms with van der Waals surface area (Å²) in [4.78, 5) is 30.2. The molecule has 2 aliphatic heterocycles. The second-order valence-electron chi connectivity index (χ2n) is 11.1. The Balaban J connectivity index is 1.26. The highest BCUT2D eigenvalue weighted by molar-refractivity contribution is 6.41. The molecule has 2 aromatic carbocycles. The van der Waals surface area contributed by atoms with Crippen LogP contribution in [-0.4, -0.2) is 77.7 Å². The minimum absolute atomic E-state index is 0.0682. The molecule has 0 unspecified atom stereocenters. The van der Waals surface area contributed by atoms with Gasteiger partial charge in [0, 0.05) is 56.2 Å². The molecule has 5 rings (SSSR count). The molecule has 3 aromatic rings. The molecule has 2 amide bonds. The first-order chi connectivity index (χ1) is 20.9. The molecular weight excluding hydrogens is 547 g/mol. The molecule has 0 aliphatic carbocycles. The smallest absolute Gasteiger partial charge is 0.453 e. The summed E-state index contributed by atoms with van der Waals surface area (Å²) in [5, 5.41) is 33.0. The fourth-order valence-corrected chi connectivity index (χ4v) is 6.07. The van der Waals surface area contributed by atoms with Crippen LogP contribution in [0.1, 0.15) is 48.1 Å². The molecular formula is C32H37BN4O6. The van der Waals surface area contributed by atoms with Gasteiger partial charge in [0.15, 0.2) is 0 Å². The largest absolute Gasteiger partial charge is 0.464 e. The van der Waals surface area contributed by atoms with E-state index in [0.29, 0.717) is 44.0 Å². The number of ether oxygens (including phenoxy) is 1. The van der Waals surface area contributed by atoms with E-state index >= 15 is 0 Å². The van der Waals surface area contributed by atoms with E-state index < -0.39 is 13.2 Å². The number of furan rings is 1. The van der Waals surface area contributed by atoms with Gasteiger partial charge >= 0.3 is 7.12 Å². The molecule has 2 aliphatic rings. The predicted molar refractivity (Wildman–Crippen MR) is 162 cm³/mol. The van der Waals surface area contributed by atoms with Gasteiger partial charge in [-0.05, 0) is 55.0 Å². The van der Waals surface area contributed by atoms with Crippen LogP contribution in [0.4, 0.5) is 0 Å². The van der Waals surface area contributed by atoms with Crippen LogP contribution in [-0.2, 0) is 27.3 Å². The fraction of sp³-hybridized carbons (Fsp3) is 0.406. The minimum Gasteiger partial charge on any atom is -0.464 e. The van der Waals surface area contributed by atoms with Crippen LogP contribution in [0.3, 0.4) is 0 Å². The number of carbonyl (C=O) groups is 2. The van der Waals surface area contributed by atoms with Gasteiger partial charge in [-0.3, -0.25) is 14.5 Å². The van der Waals surface area contributed by atoms with Crippen molar-refractivity contribution in [2.45, 2.75) is 51.1 Å².